The van der Waals surface area contributed by atoms with Gasteiger partial charge in [-0.3, -0.25) is 4.79 Å². The number of carbonyl (C=O) groups excluding carboxylic acids is 1. The molecule has 0 aliphatic carbocycles. The molecule has 1 amide bonds. The second-order valence-electron chi connectivity index (χ2n) is 8.45. The Hall–Kier alpha value is -2.00. The molecule has 1 N–H and O–H groups in total. The molecule has 2 aromatic rings. The van der Waals surface area contributed by atoms with E-state index in [1.165, 1.54) is 5.56 Å². The highest BCUT2D eigenvalue weighted by molar-refractivity contribution is 6.30. The zero-order valence-electron chi connectivity index (χ0n) is 17.8. The van der Waals surface area contributed by atoms with Crippen molar-refractivity contribution in [3.63, 3.8) is 0 Å². The minimum atomic E-state index is -0.214. The third kappa shape index (κ3) is 5.51. The van der Waals surface area contributed by atoms with Gasteiger partial charge in [0.1, 0.15) is 5.75 Å². The molecule has 4 heteroatoms. The fraction of sp³-hybridized carbons (Fsp3) is 0.458. The quantitative estimate of drug-likeness (QED) is 0.546. The lowest BCUT2D eigenvalue weighted by molar-refractivity contribution is -0.118. The number of carbonyl (C=O) groups is 1. The van der Waals surface area contributed by atoms with Crippen LogP contribution in [0.25, 0.3) is 0 Å². The summed E-state index contributed by atoms with van der Waals surface area (Å²) in [6.45, 7) is 13.2. The summed E-state index contributed by atoms with van der Waals surface area (Å²) in [5, 5.41) is 3.31. The van der Waals surface area contributed by atoms with Gasteiger partial charge < -0.3 is 10.1 Å². The van der Waals surface area contributed by atoms with Crippen molar-refractivity contribution < 1.29 is 9.53 Å². The molecule has 2 rings (SSSR count). The molecule has 0 aliphatic rings. The van der Waals surface area contributed by atoms with E-state index in [1.54, 1.807) is 18.2 Å². The summed E-state index contributed by atoms with van der Waals surface area (Å²) in [5.41, 5.74) is 3.13. The molecular formula is C24H31ClNO2. The zero-order chi connectivity index (χ0) is 20.9. The third-order valence-corrected chi connectivity index (χ3v) is 5.91. The van der Waals surface area contributed by atoms with E-state index in [0.29, 0.717) is 10.7 Å². The maximum absolute atomic E-state index is 12.3. The van der Waals surface area contributed by atoms with Gasteiger partial charge in [0, 0.05) is 22.3 Å². The Bertz CT molecular complexity index is 810. The van der Waals surface area contributed by atoms with Crippen LogP contribution in [0, 0.1) is 6.07 Å². The number of nitrogens with one attached hydrogen (secondary N) is 1. The number of benzene rings is 2. The van der Waals surface area contributed by atoms with E-state index in [9.17, 15) is 4.79 Å². The van der Waals surface area contributed by atoms with Crippen LogP contribution < -0.4 is 10.1 Å². The molecule has 0 heterocycles. The molecule has 1 radical (unpaired) electrons. The van der Waals surface area contributed by atoms with E-state index < -0.39 is 0 Å². The zero-order valence-corrected chi connectivity index (χ0v) is 18.5. The molecule has 0 saturated carbocycles. The van der Waals surface area contributed by atoms with E-state index in [-0.39, 0.29) is 23.3 Å². The minimum Gasteiger partial charge on any atom is -0.483 e. The monoisotopic (exact) mass is 400 g/mol. The molecule has 0 atom stereocenters. The van der Waals surface area contributed by atoms with Crippen molar-refractivity contribution in [2.45, 2.75) is 65.2 Å². The fourth-order valence-corrected chi connectivity index (χ4v) is 2.94. The lowest BCUT2D eigenvalue weighted by Crippen LogP contribution is -2.24. The normalized spacial score (nSPS) is 12.0. The Labute approximate surface area is 174 Å². The second kappa shape index (κ2) is 9.00. The predicted octanol–water partition coefficient (Wildman–Crippen LogP) is 6.53. The molecular weight excluding hydrogens is 370 g/mol. The van der Waals surface area contributed by atoms with Gasteiger partial charge >= 0.3 is 0 Å². The molecule has 0 aliphatic heterocycles. The first-order valence-electron chi connectivity index (χ1n) is 9.84. The SMILES string of the molecule is CCC(C)(C)c1ccc(OCC(=O)Nc2c[c]c(Cl)cc2)c(C(C)(C)CC)c1. The minimum absolute atomic E-state index is 0.0449. The van der Waals surface area contributed by atoms with Crippen molar-refractivity contribution in [3.05, 3.63) is 58.6 Å². The highest BCUT2D eigenvalue weighted by Crippen LogP contribution is 2.38. The number of ether oxygens (including phenoxy) is 1. The molecule has 0 unspecified atom stereocenters. The van der Waals surface area contributed by atoms with Crippen molar-refractivity contribution in [1.29, 1.82) is 0 Å². The summed E-state index contributed by atoms with van der Waals surface area (Å²) in [5.74, 6) is 0.550. The number of amides is 1. The molecule has 0 fully saturated rings. The molecule has 0 saturated heterocycles. The average Bonchev–Trinajstić information content (AvgIpc) is 2.68. The van der Waals surface area contributed by atoms with Gasteiger partial charge in [-0.05, 0) is 53.5 Å². The summed E-state index contributed by atoms with van der Waals surface area (Å²) in [6, 6.07) is 14.3. The van der Waals surface area contributed by atoms with E-state index in [0.717, 1.165) is 24.2 Å². The van der Waals surface area contributed by atoms with Crippen LogP contribution >= 0.6 is 11.6 Å². The average molecular weight is 401 g/mol. The van der Waals surface area contributed by atoms with Gasteiger partial charge in [-0.2, -0.15) is 0 Å². The number of anilines is 1. The fourth-order valence-electron chi connectivity index (χ4n) is 2.82. The Kier molecular flexibility index (Phi) is 7.16. The summed E-state index contributed by atoms with van der Waals surface area (Å²) in [4.78, 5) is 12.3. The van der Waals surface area contributed by atoms with Crippen molar-refractivity contribution in [1.82, 2.24) is 0 Å². The lowest BCUT2D eigenvalue weighted by atomic mass is 9.76. The van der Waals surface area contributed by atoms with Gasteiger partial charge in [-0.25, -0.2) is 0 Å². The van der Waals surface area contributed by atoms with E-state index >= 15 is 0 Å². The van der Waals surface area contributed by atoms with Gasteiger partial charge in [-0.15, -0.1) is 0 Å². The van der Waals surface area contributed by atoms with Crippen molar-refractivity contribution >= 4 is 23.2 Å². The number of rotatable bonds is 8. The van der Waals surface area contributed by atoms with Crippen LogP contribution in [0.4, 0.5) is 5.69 Å². The van der Waals surface area contributed by atoms with Crippen molar-refractivity contribution in [3.8, 4) is 5.75 Å². The number of halogens is 1. The van der Waals surface area contributed by atoms with Crippen LogP contribution in [0.2, 0.25) is 5.02 Å². The van der Waals surface area contributed by atoms with Crippen molar-refractivity contribution in [2.24, 2.45) is 0 Å². The molecule has 0 bridgehead atoms. The Morgan fingerprint density at radius 3 is 2.32 bits per heavy atom. The van der Waals surface area contributed by atoms with Gasteiger partial charge in [-0.1, -0.05) is 65.3 Å². The van der Waals surface area contributed by atoms with Crippen molar-refractivity contribution in [2.75, 3.05) is 11.9 Å². The molecule has 0 spiro atoms. The second-order valence-corrected chi connectivity index (χ2v) is 8.86. The highest BCUT2D eigenvalue weighted by atomic mass is 35.5. The van der Waals surface area contributed by atoms with Gasteiger partial charge in [0.2, 0.25) is 0 Å². The first kappa shape index (κ1) is 22.3. The van der Waals surface area contributed by atoms with E-state index in [2.05, 4.69) is 65.1 Å². The highest BCUT2D eigenvalue weighted by Gasteiger charge is 2.26. The number of hydrogen-bond acceptors (Lipinski definition) is 2. The van der Waals surface area contributed by atoms with Crippen LogP contribution in [0.1, 0.15) is 65.5 Å². The van der Waals surface area contributed by atoms with E-state index in [1.807, 2.05) is 6.07 Å². The summed E-state index contributed by atoms with van der Waals surface area (Å²) >= 11 is 5.83. The van der Waals surface area contributed by atoms with Gasteiger partial charge in [0.15, 0.2) is 6.61 Å². The van der Waals surface area contributed by atoms with E-state index in [4.69, 9.17) is 16.3 Å². The largest absolute Gasteiger partial charge is 0.483 e. The third-order valence-electron chi connectivity index (χ3n) is 5.68. The maximum Gasteiger partial charge on any atom is 0.262 e. The molecule has 151 valence electrons. The Morgan fingerprint density at radius 2 is 1.75 bits per heavy atom. The lowest BCUT2D eigenvalue weighted by Gasteiger charge is -2.30. The predicted molar refractivity (Wildman–Crippen MR) is 117 cm³/mol. The Balaban J connectivity index is 2.19. The molecule has 2 aromatic carbocycles. The first-order chi connectivity index (χ1) is 13.1. The maximum atomic E-state index is 12.3. The van der Waals surface area contributed by atoms with Crippen LogP contribution in [-0.2, 0) is 15.6 Å². The standard InChI is InChI=1S/C24H31ClNO2/c1-7-23(3,4)17-9-14-21(20(15-17)24(5,6)8-2)28-16-22(27)26-19-12-10-18(25)11-13-19/h9-10,12-15H,7-8,16H2,1-6H3,(H,26,27). The molecule has 3 nitrogen and oxygen atoms in total. The van der Waals surface area contributed by atoms with Gasteiger partial charge in [0.25, 0.3) is 5.91 Å². The van der Waals surface area contributed by atoms with Crippen LogP contribution in [-0.4, -0.2) is 12.5 Å². The molecule has 0 aromatic heterocycles. The van der Waals surface area contributed by atoms with Crippen LogP contribution in [0.3, 0.4) is 0 Å². The smallest absolute Gasteiger partial charge is 0.262 e. The first-order valence-corrected chi connectivity index (χ1v) is 10.2. The van der Waals surface area contributed by atoms with Crippen LogP contribution in [0.5, 0.6) is 5.75 Å². The summed E-state index contributed by atoms with van der Waals surface area (Å²) in [7, 11) is 0. The number of hydrogen-bond donors (Lipinski definition) is 1. The van der Waals surface area contributed by atoms with Crippen LogP contribution in [0.15, 0.2) is 36.4 Å². The topological polar surface area (TPSA) is 38.3 Å². The summed E-state index contributed by atoms with van der Waals surface area (Å²) in [6.07, 6.45) is 2.03. The Morgan fingerprint density at radius 1 is 1.07 bits per heavy atom. The summed E-state index contributed by atoms with van der Waals surface area (Å²) < 4.78 is 5.94. The molecule has 28 heavy (non-hydrogen) atoms. The van der Waals surface area contributed by atoms with Gasteiger partial charge in [0.05, 0.1) is 0 Å².